The van der Waals surface area contributed by atoms with Crippen molar-refractivity contribution < 1.29 is 14.3 Å². The second kappa shape index (κ2) is 8.29. The van der Waals surface area contributed by atoms with Crippen molar-refractivity contribution in [1.82, 2.24) is 10.6 Å². The van der Waals surface area contributed by atoms with Gasteiger partial charge in [-0.3, -0.25) is 9.59 Å². The molecule has 2 N–H and O–H groups in total. The maximum absolute atomic E-state index is 11.7. The summed E-state index contributed by atoms with van der Waals surface area (Å²) in [6.07, 6.45) is 0.833. The highest BCUT2D eigenvalue weighted by atomic mass is 16.5. The van der Waals surface area contributed by atoms with Crippen molar-refractivity contribution in [3.8, 4) is 5.75 Å². The van der Waals surface area contributed by atoms with Crippen LogP contribution in [0.3, 0.4) is 0 Å². The SMILES string of the molecule is CC[C@@H](C)NC(=O)C(=O)NCc1ccccc1OC(C)C. The fraction of sp³-hybridized carbons (Fsp3) is 0.500. The third-order valence-electron chi connectivity index (χ3n) is 2.97. The summed E-state index contributed by atoms with van der Waals surface area (Å²) in [6.45, 7) is 7.94. The van der Waals surface area contributed by atoms with E-state index < -0.39 is 11.8 Å². The lowest BCUT2D eigenvalue weighted by atomic mass is 10.2. The highest BCUT2D eigenvalue weighted by Gasteiger charge is 2.15. The number of benzene rings is 1. The quantitative estimate of drug-likeness (QED) is 0.788. The smallest absolute Gasteiger partial charge is 0.309 e. The highest BCUT2D eigenvalue weighted by Crippen LogP contribution is 2.18. The van der Waals surface area contributed by atoms with Crippen LogP contribution in [-0.4, -0.2) is 24.0 Å². The van der Waals surface area contributed by atoms with Gasteiger partial charge in [0.05, 0.1) is 6.10 Å². The van der Waals surface area contributed by atoms with Crippen LogP contribution < -0.4 is 15.4 Å². The molecule has 0 heterocycles. The van der Waals surface area contributed by atoms with Gasteiger partial charge in [0.15, 0.2) is 0 Å². The van der Waals surface area contributed by atoms with Crippen LogP contribution in [0.25, 0.3) is 0 Å². The first-order valence-corrected chi connectivity index (χ1v) is 7.27. The summed E-state index contributed by atoms with van der Waals surface area (Å²) in [6, 6.07) is 7.44. The van der Waals surface area contributed by atoms with E-state index in [1.54, 1.807) is 0 Å². The average Bonchev–Trinajstić information content (AvgIpc) is 2.45. The Balaban J connectivity index is 2.59. The molecule has 21 heavy (non-hydrogen) atoms. The van der Waals surface area contributed by atoms with E-state index in [0.29, 0.717) is 0 Å². The molecule has 1 aromatic carbocycles. The normalized spacial score (nSPS) is 11.9. The van der Waals surface area contributed by atoms with Gasteiger partial charge in [-0.2, -0.15) is 0 Å². The van der Waals surface area contributed by atoms with Crippen LogP contribution in [0, 0.1) is 0 Å². The Bertz CT molecular complexity index is 486. The van der Waals surface area contributed by atoms with Crippen LogP contribution in [0.15, 0.2) is 24.3 Å². The molecule has 0 unspecified atom stereocenters. The lowest BCUT2D eigenvalue weighted by Crippen LogP contribution is -2.43. The molecule has 5 heteroatoms. The van der Waals surface area contributed by atoms with Crippen LogP contribution in [0.1, 0.15) is 39.7 Å². The summed E-state index contributed by atoms with van der Waals surface area (Å²) < 4.78 is 5.67. The zero-order valence-corrected chi connectivity index (χ0v) is 13.1. The van der Waals surface area contributed by atoms with Crippen molar-refractivity contribution >= 4 is 11.8 Å². The largest absolute Gasteiger partial charge is 0.491 e. The van der Waals surface area contributed by atoms with E-state index in [1.165, 1.54) is 0 Å². The number of amides is 2. The molecule has 0 bridgehead atoms. The Labute approximate surface area is 126 Å². The van der Waals surface area contributed by atoms with Gasteiger partial charge in [-0.05, 0) is 33.3 Å². The summed E-state index contributed by atoms with van der Waals surface area (Å²) in [5.74, 6) is -0.517. The van der Waals surface area contributed by atoms with E-state index in [1.807, 2.05) is 52.0 Å². The molecule has 0 spiro atoms. The molecular formula is C16H24N2O3. The molecule has 0 saturated heterocycles. The van der Waals surface area contributed by atoms with Gasteiger partial charge < -0.3 is 15.4 Å². The van der Waals surface area contributed by atoms with E-state index >= 15 is 0 Å². The molecular weight excluding hydrogens is 268 g/mol. The summed E-state index contributed by atoms with van der Waals surface area (Å²) in [5.41, 5.74) is 0.843. The lowest BCUT2D eigenvalue weighted by Gasteiger charge is -2.15. The van der Waals surface area contributed by atoms with Crippen molar-refractivity contribution in [3.63, 3.8) is 0 Å². The zero-order valence-electron chi connectivity index (χ0n) is 13.1. The Morgan fingerprint density at radius 3 is 2.43 bits per heavy atom. The van der Waals surface area contributed by atoms with Crippen molar-refractivity contribution in [1.29, 1.82) is 0 Å². The predicted octanol–water partition coefficient (Wildman–Crippen LogP) is 2.00. The van der Waals surface area contributed by atoms with Crippen LogP contribution >= 0.6 is 0 Å². The van der Waals surface area contributed by atoms with Crippen LogP contribution in [0.5, 0.6) is 5.75 Å². The minimum atomic E-state index is -0.630. The molecule has 0 saturated carbocycles. The first-order chi connectivity index (χ1) is 9.93. The van der Waals surface area contributed by atoms with Gasteiger partial charge in [0.25, 0.3) is 0 Å². The second-order valence-electron chi connectivity index (χ2n) is 5.24. The number of nitrogens with one attached hydrogen (secondary N) is 2. The molecule has 0 radical (unpaired) electrons. The second-order valence-corrected chi connectivity index (χ2v) is 5.24. The number of carbonyl (C=O) groups is 2. The topological polar surface area (TPSA) is 67.4 Å². The fourth-order valence-electron chi connectivity index (χ4n) is 1.67. The molecule has 0 aliphatic carbocycles. The zero-order chi connectivity index (χ0) is 15.8. The van der Waals surface area contributed by atoms with E-state index in [9.17, 15) is 9.59 Å². The molecule has 1 atom stereocenters. The van der Waals surface area contributed by atoms with Gasteiger partial charge in [0.1, 0.15) is 5.75 Å². The first-order valence-electron chi connectivity index (χ1n) is 7.27. The van der Waals surface area contributed by atoms with Crippen molar-refractivity contribution in [2.45, 2.75) is 52.8 Å². The minimum Gasteiger partial charge on any atom is -0.491 e. The molecule has 2 amide bonds. The van der Waals surface area contributed by atoms with Crippen molar-refractivity contribution in [2.24, 2.45) is 0 Å². The molecule has 0 aliphatic rings. The van der Waals surface area contributed by atoms with Crippen LogP contribution in [-0.2, 0) is 16.1 Å². The summed E-state index contributed by atoms with van der Waals surface area (Å²) in [7, 11) is 0. The van der Waals surface area contributed by atoms with Gasteiger partial charge >= 0.3 is 11.8 Å². The van der Waals surface area contributed by atoms with Crippen LogP contribution in [0.4, 0.5) is 0 Å². The number of carbonyl (C=O) groups excluding carboxylic acids is 2. The third-order valence-corrected chi connectivity index (χ3v) is 2.97. The number of rotatable bonds is 6. The molecule has 0 aliphatic heterocycles. The van der Waals surface area contributed by atoms with Gasteiger partial charge in [-0.25, -0.2) is 0 Å². The summed E-state index contributed by atoms with van der Waals surface area (Å²) >= 11 is 0. The van der Waals surface area contributed by atoms with E-state index in [2.05, 4.69) is 10.6 Å². The Morgan fingerprint density at radius 1 is 1.14 bits per heavy atom. The Hall–Kier alpha value is -2.04. The highest BCUT2D eigenvalue weighted by molar-refractivity contribution is 6.35. The number of ether oxygens (including phenoxy) is 1. The average molecular weight is 292 g/mol. The summed E-state index contributed by atoms with van der Waals surface area (Å²) in [4.78, 5) is 23.4. The monoisotopic (exact) mass is 292 g/mol. The molecule has 0 aromatic heterocycles. The molecule has 0 fully saturated rings. The van der Waals surface area contributed by atoms with E-state index in [-0.39, 0.29) is 18.7 Å². The van der Waals surface area contributed by atoms with Gasteiger partial charge in [-0.1, -0.05) is 25.1 Å². The summed E-state index contributed by atoms with van der Waals surface area (Å²) in [5, 5.41) is 5.24. The molecule has 1 aromatic rings. The fourth-order valence-corrected chi connectivity index (χ4v) is 1.67. The van der Waals surface area contributed by atoms with Crippen LogP contribution in [0.2, 0.25) is 0 Å². The third kappa shape index (κ3) is 5.85. The predicted molar refractivity (Wildman–Crippen MR) is 81.9 cm³/mol. The minimum absolute atomic E-state index is 0.0141. The lowest BCUT2D eigenvalue weighted by molar-refractivity contribution is -0.139. The Morgan fingerprint density at radius 2 is 1.81 bits per heavy atom. The maximum Gasteiger partial charge on any atom is 0.309 e. The number of para-hydroxylation sites is 1. The maximum atomic E-state index is 11.7. The van der Waals surface area contributed by atoms with E-state index in [4.69, 9.17) is 4.74 Å². The number of hydrogen-bond donors (Lipinski definition) is 2. The standard InChI is InChI=1S/C16H24N2O3/c1-5-12(4)18-16(20)15(19)17-10-13-8-6-7-9-14(13)21-11(2)3/h6-9,11-12H,5,10H2,1-4H3,(H,17,19)(H,18,20)/t12-/m1/s1. The molecule has 116 valence electrons. The molecule has 5 nitrogen and oxygen atoms in total. The van der Waals surface area contributed by atoms with Gasteiger partial charge in [0.2, 0.25) is 0 Å². The molecule has 1 rings (SSSR count). The van der Waals surface area contributed by atoms with Crippen molar-refractivity contribution in [3.05, 3.63) is 29.8 Å². The van der Waals surface area contributed by atoms with E-state index in [0.717, 1.165) is 17.7 Å². The van der Waals surface area contributed by atoms with Gasteiger partial charge in [0, 0.05) is 18.2 Å². The van der Waals surface area contributed by atoms with Crippen molar-refractivity contribution in [2.75, 3.05) is 0 Å². The number of hydrogen-bond acceptors (Lipinski definition) is 3. The van der Waals surface area contributed by atoms with Gasteiger partial charge in [-0.15, -0.1) is 0 Å². The Kier molecular flexibility index (Phi) is 6.72. The first kappa shape index (κ1) is 17.0.